The summed E-state index contributed by atoms with van der Waals surface area (Å²) < 4.78 is 0. The summed E-state index contributed by atoms with van der Waals surface area (Å²) in [7, 11) is 0. The Hall–Kier alpha value is -0.860. The van der Waals surface area contributed by atoms with E-state index in [0.717, 1.165) is 18.8 Å². The standard InChI is InChI=1S/C22H37NO/c1-7-13-19-16-21(5,6)23(22(8-2,9-3)17-19)24-18(4)20-14-11-10-12-15-20/h10-12,14-15,18-19H,7-9,13,16-17H2,1-6H3. The molecule has 1 heterocycles. The highest BCUT2D eigenvalue weighted by Gasteiger charge is 2.49. The predicted molar refractivity (Wildman–Crippen MR) is 103 cm³/mol. The highest BCUT2D eigenvalue weighted by Crippen LogP contribution is 2.47. The molecule has 1 aromatic carbocycles. The van der Waals surface area contributed by atoms with Gasteiger partial charge in [0.15, 0.2) is 0 Å². The van der Waals surface area contributed by atoms with E-state index >= 15 is 0 Å². The number of hydrogen-bond donors (Lipinski definition) is 0. The molecule has 0 bridgehead atoms. The van der Waals surface area contributed by atoms with Crippen LogP contribution in [-0.2, 0) is 4.84 Å². The van der Waals surface area contributed by atoms with Gasteiger partial charge in [-0.15, -0.1) is 0 Å². The monoisotopic (exact) mass is 331 g/mol. The summed E-state index contributed by atoms with van der Waals surface area (Å²) in [6.07, 6.45) is 7.50. The topological polar surface area (TPSA) is 12.5 Å². The second-order valence-corrected chi connectivity index (χ2v) is 8.26. The first kappa shape index (κ1) is 19.5. The Balaban J connectivity index is 2.26. The molecule has 24 heavy (non-hydrogen) atoms. The van der Waals surface area contributed by atoms with Crippen LogP contribution >= 0.6 is 0 Å². The van der Waals surface area contributed by atoms with Crippen molar-refractivity contribution in [3.8, 4) is 0 Å². The first-order valence-corrected chi connectivity index (χ1v) is 9.90. The minimum atomic E-state index is 0.0765. The van der Waals surface area contributed by atoms with Crippen LogP contribution in [0, 0.1) is 5.92 Å². The van der Waals surface area contributed by atoms with Crippen molar-refractivity contribution in [2.24, 2.45) is 5.92 Å². The number of rotatable bonds is 7. The van der Waals surface area contributed by atoms with Crippen LogP contribution in [-0.4, -0.2) is 16.1 Å². The van der Waals surface area contributed by atoms with E-state index in [9.17, 15) is 0 Å². The second-order valence-electron chi connectivity index (χ2n) is 8.26. The van der Waals surface area contributed by atoms with Crippen molar-refractivity contribution >= 4 is 0 Å². The van der Waals surface area contributed by atoms with Crippen LogP contribution < -0.4 is 0 Å². The number of nitrogens with zero attached hydrogens (tertiary/aromatic N) is 1. The molecule has 2 atom stereocenters. The number of benzene rings is 1. The minimum absolute atomic E-state index is 0.0765. The summed E-state index contributed by atoms with van der Waals surface area (Å²) in [5.74, 6) is 0.816. The molecule has 0 saturated carbocycles. The number of hydroxylamine groups is 2. The van der Waals surface area contributed by atoms with Gasteiger partial charge < -0.3 is 0 Å². The van der Waals surface area contributed by atoms with Gasteiger partial charge in [-0.2, -0.15) is 5.06 Å². The summed E-state index contributed by atoms with van der Waals surface area (Å²) in [6.45, 7) is 13.9. The maximum absolute atomic E-state index is 6.65. The molecule has 2 nitrogen and oxygen atoms in total. The summed E-state index contributed by atoms with van der Waals surface area (Å²) in [5.41, 5.74) is 1.49. The van der Waals surface area contributed by atoms with Gasteiger partial charge in [-0.1, -0.05) is 63.9 Å². The molecule has 0 aliphatic carbocycles. The van der Waals surface area contributed by atoms with Gasteiger partial charge in [0.05, 0.1) is 0 Å². The molecule has 2 unspecified atom stereocenters. The van der Waals surface area contributed by atoms with E-state index in [-0.39, 0.29) is 17.2 Å². The Morgan fingerprint density at radius 1 is 1.08 bits per heavy atom. The molecule has 1 aromatic rings. The molecule has 2 heteroatoms. The molecule has 1 fully saturated rings. The van der Waals surface area contributed by atoms with E-state index in [4.69, 9.17) is 4.84 Å². The van der Waals surface area contributed by atoms with Gasteiger partial charge in [0.25, 0.3) is 0 Å². The van der Waals surface area contributed by atoms with E-state index in [2.05, 4.69) is 76.9 Å². The molecule has 0 N–H and O–H groups in total. The second kappa shape index (κ2) is 8.01. The van der Waals surface area contributed by atoms with E-state index in [1.807, 2.05) is 0 Å². The molecular weight excluding hydrogens is 294 g/mol. The summed E-state index contributed by atoms with van der Waals surface area (Å²) >= 11 is 0. The zero-order valence-corrected chi connectivity index (χ0v) is 16.6. The van der Waals surface area contributed by atoms with E-state index < -0.39 is 0 Å². The summed E-state index contributed by atoms with van der Waals surface area (Å²) in [6, 6.07) is 10.6. The fourth-order valence-corrected chi connectivity index (χ4v) is 4.76. The molecule has 2 rings (SSSR count). The van der Waals surface area contributed by atoms with Crippen molar-refractivity contribution in [2.75, 3.05) is 0 Å². The Morgan fingerprint density at radius 2 is 1.71 bits per heavy atom. The van der Waals surface area contributed by atoms with Gasteiger partial charge in [0.1, 0.15) is 6.10 Å². The molecule has 0 radical (unpaired) electrons. The molecular formula is C22H37NO. The smallest absolute Gasteiger partial charge is 0.102 e. The average Bonchev–Trinajstić information content (AvgIpc) is 2.57. The normalized spacial score (nSPS) is 24.7. The lowest BCUT2D eigenvalue weighted by molar-refractivity contribution is -0.320. The van der Waals surface area contributed by atoms with E-state index in [1.165, 1.54) is 31.2 Å². The molecule has 0 aromatic heterocycles. The predicted octanol–water partition coefficient (Wildman–Crippen LogP) is 6.53. The van der Waals surface area contributed by atoms with Gasteiger partial charge >= 0.3 is 0 Å². The molecule has 1 saturated heterocycles. The number of hydrogen-bond acceptors (Lipinski definition) is 2. The van der Waals surface area contributed by atoms with Crippen molar-refractivity contribution in [3.63, 3.8) is 0 Å². The van der Waals surface area contributed by atoms with E-state index in [0.29, 0.717) is 0 Å². The molecule has 1 aliphatic heterocycles. The fraction of sp³-hybridized carbons (Fsp3) is 0.727. The zero-order chi connectivity index (χ0) is 17.8. The number of piperidine rings is 1. The Labute approximate surface area is 149 Å². The lowest BCUT2D eigenvalue weighted by atomic mass is 9.70. The van der Waals surface area contributed by atoms with Crippen LogP contribution in [0.1, 0.15) is 91.7 Å². The quantitative estimate of drug-likeness (QED) is 0.563. The average molecular weight is 332 g/mol. The minimum Gasteiger partial charge on any atom is -0.290 e. The molecule has 1 aliphatic rings. The van der Waals surface area contributed by atoms with Gasteiger partial charge in [0.2, 0.25) is 0 Å². The van der Waals surface area contributed by atoms with Crippen LogP contribution in [0.3, 0.4) is 0 Å². The first-order chi connectivity index (χ1) is 11.4. The third-order valence-corrected chi connectivity index (χ3v) is 5.98. The molecule has 0 amide bonds. The highest BCUT2D eigenvalue weighted by atomic mass is 16.7. The summed E-state index contributed by atoms with van der Waals surface area (Å²) in [4.78, 5) is 6.65. The Morgan fingerprint density at radius 3 is 2.25 bits per heavy atom. The van der Waals surface area contributed by atoms with E-state index in [1.54, 1.807) is 0 Å². The van der Waals surface area contributed by atoms with Crippen molar-refractivity contribution < 1.29 is 4.84 Å². The zero-order valence-electron chi connectivity index (χ0n) is 16.6. The lowest BCUT2D eigenvalue weighted by Gasteiger charge is -2.57. The first-order valence-electron chi connectivity index (χ1n) is 9.90. The van der Waals surface area contributed by atoms with Crippen LogP contribution in [0.25, 0.3) is 0 Å². The van der Waals surface area contributed by atoms with Crippen molar-refractivity contribution in [2.45, 2.75) is 97.2 Å². The van der Waals surface area contributed by atoms with Crippen LogP contribution in [0.4, 0.5) is 0 Å². The lowest BCUT2D eigenvalue weighted by Crippen LogP contribution is -2.62. The largest absolute Gasteiger partial charge is 0.290 e. The Kier molecular flexibility index (Phi) is 6.50. The summed E-state index contributed by atoms with van der Waals surface area (Å²) in [5, 5.41) is 2.39. The van der Waals surface area contributed by atoms with Crippen molar-refractivity contribution in [3.05, 3.63) is 35.9 Å². The van der Waals surface area contributed by atoms with Crippen LogP contribution in [0.5, 0.6) is 0 Å². The van der Waals surface area contributed by atoms with Crippen molar-refractivity contribution in [1.29, 1.82) is 0 Å². The van der Waals surface area contributed by atoms with Crippen LogP contribution in [0.2, 0.25) is 0 Å². The van der Waals surface area contributed by atoms with Crippen LogP contribution in [0.15, 0.2) is 30.3 Å². The molecule has 136 valence electrons. The maximum Gasteiger partial charge on any atom is 0.102 e. The fourth-order valence-electron chi connectivity index (χ4n) is 4.76. The van der Waals surface area contributed by atoms with Crippen molar-refractivity contribution in [1.82, 2.24) is 5.06 Å². The van der Waals surface area contributed by atoms with Gasteiger partial charge in [-0.3, -0.25) is 4.84 Å². The third kappa shape index (κ3) is 4.03. The van der Waals surface area contributed by atoms with Gasteiger partial charge in [0, 0.05) is 11.1 Å². The third-order valence-electron chi connectivity index (χ3n) is 5.98. The maximum atomic E-state index is 6.65. The molecule has 0 spiro atoms. The highest BCUT2D eigenvalue weighted by molar-refractivity contribution is 5.17. The van der Waals surface area contributed by atoms with Gasteiger partial charge in [-0.05, 0) is 57.9 Å². The SMILES string of the molecule is CCCC1CC(C)(C)N(OC(C)c2ccccc2)C(CC)(CC)C1. The van der Waals surface area contributed by atoms with Gasteiger partial charge in [-0.25, -0.2) is 0 Å². The Bertz CT molecular complexity index is 492.